The highest BCUT2D eigenvalue weighted by molar-refractivity contribution is 7.15. The number of hydrogen-bond acceptors (Lipinski definition) is 5. The van der Waals surface area contributed by atoms with Crippen molar-refractivity contribution in [1.29, 1.82) is 0 Å². The van der Waals surface area contributed by atoms with E-state index in [-0.39, 0.29) is 12.6 Å². The molecule has 0 spiro atoms. The zero-order valence-electron chi connectivity index (χ0n) is 15.6. The lowest BCUT2D eigenvalue weighted by Gasteiger charge is -2.07. The van der Waals surface area contributed by atoms with E-state index in [2.05, 4.69) is 47.4 Å². The number of thiazole rings is 1. The summed E-state index contributed by atoms with van der Waals surface area (Å²) in [5.74, 6) is 0.159. The van der Waals surface area contributed by atoms with Crippen molar-refractivity contribution in [2.24, 2.45) is 0 Å². The number of ether oxygens (including phenoxy) is 1. The van der Waals surface area contributed by atoms with Crippen LogP contribution in [0.4, 0.5) is 5.95 Å². The molecule has 0 bridgehead atoms. The first kappa shape index (κ1) is 19.7. The van der Waals surface area contributed by atoms with Crippen molar-refractivity contribution < 1.29 is 9.53 Å². The average Bonchev–Trinajstić information content (AvgIpc) is 3.23. The maximum atomic E-state index is 12.2. The monoisotopic (exact) mass is 446 g/mol. The van der Waals surface area contributed by atoms with Crippen LogP contribution in [0.2, 0.25) is 10.0 Å². The highest BCUT2D eigenvalue weighted by atomic mass is 35.5. The lowest BCUT2D eigenvalue weighted by atomic mass is 10.0. The highest BCUT2D eigenvalue weighted by Crippen LogP contribution is 2.29. The first-order chi connectivity index (χ1) is 13.9. The fourth-order valence-corrected chi connectivity index (χ4v) is 4.07. The summed E-state index contributed by atoms with van der Waals surface area (Å²) in [4.78, 5) is 17.3. The van der Waals surface area contributed by atoms with Crippen molar-refractivity contribution in [3.8, 4) is 17.0 Å². The number of amides is 1. The summed E-state index contributed by atoms with van der Waals surface area (Å²) in [5, 5.41) is 9.92. The Labute approximate surface area is 181 Å². The molecule has 6 nitrogen and oxygen atoms in total. The number of anilines is 1. The van der Waals surface area contributed by atoms with Crippen molar-refractivity contribution in [3.05, 3.63) is 63.0 Å². The largest absolute Gasteiger partial charge is 0.482 e. The topological polar surface area (TPSA) is 68.5 Å². The minimum atomic E-state index is -0.396. The SMILES string of the molecule is Cc1ccc(-c2csc3nc(NC(=O)COc4cc(Cl)ccc4Cl)nn23)c(C)c1. The number of aryl methyl sites for hydroxylation is 2. The quantitative estimate of drug-likeness (QED) is 0.445. The summed E-state index contributed by atoms with van der Waals surface area (Å²) in [7, 11) is 0. The second kappa shape index (κ2) is 8.02. The van der Waals surface area contributed by atoms with Crippen LogP contribution in [0, 0.1) is 13.8 Å². The predicted octanol–water partition coefficient (Wildman–Crippen LogP) is 5.40. The molecule has 1 N–H and O–H groups in total. The lowest BCUT2D eigenvalue weighted by Crippen LogP contribution is -2.21. The van der Waals surface area contributed by atoms with E-state index in [4.69, 9.17) is 27.9 Å². The van der Waals surface area contributed by atoms with E-state index in [9.17, 15) is 4.79 Å². The molecular formula is C20H16Cl2N4O2S. The number of nitrogens with zero attached hydrogens (tertiary/aromatic N) is 3. The standard InChI is InChI=1S/C20H16Cl2N4O2S/c1-11-3-5-14(12(2)7-11)16-10-29-20-24-19(25-26(16)20)23-18(27)9-28-17-8-13(21)4-6-15(17)22/h3-8,10H,9H2,1-2H3,(H,23,25,27). The van der Waals surface area contributed by atoms with Crippen LogP contribution < -0.4 is 10.1 Å². The zero-order valence-corrected chi connectivity index (χ0v) is 17.9. The van der Waals surface area contributed by atoms with E-state index in [0.29, 0.717) is 20.8 Å². The number of aromatic nitrogens is 3. The normalized spacial score (nSPS) is 11.0. The van der Waals surface area contributed by atoms with E-state index < -0.39 is 5.91 Å². The fourth-order valence-electron chi connectivity index (χ4n) is 2.91. The predicted molar refractivity (Wildman–Crippen MR) is 116 cm³/mol. The van der Waals surface area contributed by atoms with Crippen LogP contribution in [-0.4, -0.2) is 27.1 Å². The Morgan fingerprint density at radius 3 is 2.83 bits per heavy atom. The van der Waals surface area contributed by atoms with Crippen molar-refractivity contribution in [2.75, 3.05) is 11.9 Å². The van der Waals surface area contributed by atoms with Crippen LogP contribution in [0.15, 0.2) is 41.8 Å². The second-order valence-corrected chi connectivity index (χ2v) is 8.16. The molecule has 0 aliphatic rings. The third kappa shape index (κ3) is 4.22. The van der Waals surface area contributed by atoms with E-state index >= 15 is 0 Å². The van der Waals surface area contributed by atoms with Gasteiger partial charge in [-0.15, -0.1) is 16.4 Å². The van der Waals surface area contributed by atoms with Gasteiger partial charge in [-0.25, -0.2) is 4.52 Å². The highest BCUT2D eigenvalue weighted by Gasteiger charge is 2.15. The number of nitrogens with one attached hydrogen (secondary N) is 1. The Morgan fingerprint density at radius 1 is 1.21 bits per heavy atom. The molecule has 148 valence electrons. The molecule has 0 unspecified atom stereocenters. The molecule has 2 heterocycles. The van der Waals surface area contributed by atoms with Gasteiger partial charge in [0.1, 0.15) is 5.75 Å². The molecule has 4 rings (SSSR count). The van der Waals surface area contributed by atoms with E-state index in [1.54, 1.807) is 22.7 Å². The Balaban J connectivity index is 1.49. The Hall–Kier alpha value is -2.61. The van der Waals surface area contributed by atoms with Crippen LogP contribution in [0.3, 0.4) is 0 Å². The summed E-state index contributed by atoms with van der Waals surface area (Å²) in [5.41, 5.74) is 4.35. The van der Waals surface area contributed by atoms with Gasteiger partial charge in [-0.05, 0) is 31.5 Å². The molecule has 0 fully saturated rings. The maximum absolute atomic E-state index is 12.2. The number of hydrogen-bond donors (Lipinski definition) is 1. The Bertz CT molecular complexity index is 1220. The molecule has 0 saturated heterocycles. The van der Waals surface area contributed by atoms with Crippen LogP contribution in [0.1, 0.15) is 11.1 Å². The summed E-state index contributed by atoms with van der Waals surface area (Å²) < 4.78 is 7.17. The van der Waals surface area contributed by atoms with E-state index in [1.165, 1.54) is 16.9 Å². The molecule has 0 radical (unpaired) electrons. The van der Waals surface area contributed by atoms with Gasteiger partial charge in [0.05, 0.1) is 10.7 Å². The minimum absolute atomic E-state index is 0.216. The molecule has 0 aliphatic heterocycles. The molecule has 29 heavy (non-hydrogen) atoms. The molecule has 2 aromatic heterocycles. The number of benzene rings is 2. The van der Waals surface area contributed by atoms with Gasteiger partial charge in [-0.3, -0.25) is 10.1 Å². The van der Waals surface area contributed by atoms with Gasteiger partial charge in [0.25, 0.3) is 11.9 Å². The number of carbonyl (C=O) groups is 1. The number of halogens is 2. The van der Waals surface area contributed by atoms with Crippen LogP contribution in [-0.2, 0) is 4.79 Å². The van der Waals surface area contributed by atoms with Gasteiger partial charge in [-0.1, -0.05) is 47.0 Å². The summed E-state index contributed by atoms with van der Waals surface area (Å²) in [6.07, 6.45) is 0. The van der Waals surface area contributed by atoms with E-state index in [1.807, 2.05) is 5.38 Å². The van der Waals surface area contributed by atoms with Gasteiger partial charge in [0.15, 0.2) is 6.61 Å². The molecule has 0 aliphatic carbocycles. The third-order valence-corrected chi connectivity index (χ3v) is 5.61. The van der Waals surface area contributed by atoms with Crippen molar-refractivity contribution in [1.82, 2.24) is 14.6 Å². The number of fused-ring (bicyclic) bond motifs is 1. The summed E-state index contributed by atoms with van der Waals surface area (Å²) >= 11 is 13.4. The van der Waals surface area contributed by atoms with Gasteiger partial charge in [0, 0.05) is 22.0 Å². The van der Waals surface area contributed by atoms with Crippen molar-refractivity contribution in [3.63, 3.8) is 0 Å². The average molecular weight is 447 g/mol. The molecule has 1 amide bonds. The van der Waals surface area contributed by atoms with Gasteiger partial charge in [-0.2, -0.15) is 4.98 Å². The van der Waals surface area contributed by atoms with Crippen molar-refractivity contribution in [2.45, 2.75) is 13.8 Å². The second-order valence-electron chi connectivity index (χ2n) is 6.48. The molecule has 4 aromatic rings. The maximum Gasteiger partial charge on any atom is 0.264 e. The van der Waals surface area contributed by atoms with Gasteiger partial charge in [0.2, 0.25) is 4.96 Å². The first-order valence-electron chi connectivity index (χ1n) is 8.70. The fraction of sp³-hybridized carbons (Fsp3) is 0.150. The van der Waals surface area contributed by atoms with Crippen LogP contribution >= 0.6 is 34.5 Å². The summed E-state index contributed by atoms with van der Waals surface area (Å²) in [6, 6.07) is 11.1. The Morgan fingerprint density at radius 2 is 2.03 bits per heavy atom. The molecule has 0 atom stereocenters. The lowest BCUT2D eigenvalue weighted by molar-refractivity contribution is -0.118. The number of carbonyl (C=O) groups excluding carboxylic acids is 1. The molecule has 9 heteroatoms. The smallest absolute Gasteiger partial charge is 0.264 e. The van der Waals surface area contributed by atoms with Crippen LogP contribution in [0.5, 0.6) is 5.75 Å². The molecule has 0 saturated carbocycles. The van der Waals surface area contributed by atoms with Crippen LogP contribution in [0.25, 0.3) is 16.2 Å². The molecule has 2 aromatic carbocycles. The van der Waals surface area contributed by atoms with Gasteiger partial charge >= 0.3 is 0 Å². The summed E-state index contributed by atoms with van der Waals surface area (Å²) in [6.45, 7) is 3.88. The first-order valence-corrected chi connectivity index (χ1v) is 10.3. The molecular weight excluding hydrogens is 431 g/mol. The van der Waals surface area contributed by atoms with E-state index in [0.717, 1.165) is 16.8 Å². The minimum Gasteiger partial charge on any atom is -0.482 e. The third-order valence-electron chi connectivity index (χ3n) is 4.24. The number of rotatable bonds is 5. The van der Waals surface area contributed by atoms with Crippen molar-refractivity contribution >= 4 is 51.4 Å². The Kier molecular flexibility index (Phi) is 5.45. The van der Waals surface area contributed by atoms with Gasteiger partial charge < -0.3 is 4.74 Å². The zero-order chi connectivity index (χ0) is 20.5.